The van der Waals surface area contributed by atoms with E-state index < -0.39 is 0 Å². The first-order valence-electron chi connectivity index (χ1n) is 12.2. The Morgan fingerprint density at radius 1 is 0.909 bits per heavy atom. The fraction of sp³-hybridized carbons (Fsp3) is 0.414. The third kappa shape index (κ3) is 13.3. The van der Waals surface area contributed by atoms with Gasteiger partial charge in [0.15, 0.2) is 5.78 Å². The van der Waals surface area contributed by atoms with Crippen LogP contribution in [0.25, 0.3) is 0 Å². The van der Waals surface area contributed by atoms with Crippen LogP contribution in [0.4, 0.5) is 5.69 Å². The van der Waals surface area contributed by atoms with E-state index in [-0.39, 0.29) is 5.78 Å². The summed E-state index contributed by atoms with van der Waals surface area (Å²) in [5.74, 6) is 0.147. The molecule has 182 valence electrons. The first-order valence-corrected chi connectivity index (χ1v) is 12.2. The summed E-state index contributed by atoms with van der Waals surface area (Å²) in [6, 6.07) is 16.9. The average Bonchev–Trinajstić information content (AvgIpc) is 2.86. The van der Waals surface area contributed by atoms with Crippen LogP contribution in [0.2, 0.25) is 0 Å². The summed E-state index contributed by atoms with van der Waals surface area (Å²) < 4.78 is 0. The molecule has 1 aliphatic rings. The molecule has 2 aromatic carbocycles. The second kappa shape index (κ2) is 18.7. The number of carbonyl (C=O) groups is 1. The molecule has 0 spiro atoms. The standard InChI is InChI=1S/C17H23N3O.C8H10.2C2H6/c1-3-13-4-6-14(7-5-13)19-12-16-11-17(21)10-15(20-16)8-9-18-2;1-7-3-5-8(2)6-4-7;2*1-2/h4-8,11,18-20H,3,9-10,12H2,1-2H3;3-6H,1-2H3;2*1-2H3/b15-8+;;;. The normalized spacial score (nSPS) is 13.2. The molecule has 0 bridgehead atoms. The summed E-state index contributed by atoms with van der Waals surface area (Å²) in [4.78, 5) is 11.7. The molecule has 4 heteroatoms. The monoisotopic (exact) mass is 451 g/mol. The van der Waals surface area contributed by atoms with Gasteiger partial charge < -0.3 is 16.0 Å². The maximum absolute atomic E-state index is 11.7. The number of anilines is 1. The quantitative estimate of drug-likeness (QED) is 0.465. The molecule has 4 nitrogen and oxygen atoms in total. The number of likely N-dealkylation sites (N-methyl/N-ethyl adjacent to an activating group) is 1. The van der Waals surface area contributed by atoms with Crippen molar-refractivity contribution in [3.05, 3.63) is 88.8 Å². The highest BCUT2D eigenvalue weighted by Crippen LogP contribution is 2.13. The van der Waals surface area contributed by atoms with Gasteiger partial charge in [-0.2, -0.15) is 0 Å². The van der Waals surface area contributed by atoms with Gasteiger partial charge in [-0.1, -0.05) is 88.2 Å². The van der Waals surface area contributed by atoms with Crippen molar-refractivity contribution in [2.24, 2.45) is 0 Å². The van der Waals surface area contributed by atoms with Crippen LogP contribution in [0.5, 0.6) is 0 Å². The molecule has 0 aromatic heterocycles. The lowest BCUT2D eigenvalue weighted by atomic mass is 10.1. The molecule has 33 heavy (non-hydrogen) atoms. The van der Waals surface area contributed by atoms with Gasteiger partial charge in [0.25, 0.3) is 0 Å². The number of ketones is 1. The Balaban J connectivity index is 0.000000710. The van der Waals surface area contributed by atoms with Crippen LogP contribution >= 0.6 is 0 Å². The molecule has 0 radical (unpaired) electrons. The van der Waals surface area contributed by atoms with Crippen molar-refractivity contribution in [2.45, 2.75) is 61.3 Å². The Labute approximate surface area is 202 Å². The van der Waals surface area contributed by atoms with E-state index in [1.165, 1.54) is 16.7 Å². The zero-order chi connectivity index (χ0) is 25.1. The predicted octanol–water partition coefficient (Wildman–Crippen LogP) is 6.57. The maximum atomic E-state index is 11.7. The molecular formula is C29H45N3O. The molecule has 0 aliphatic carbocycles. The molecule has 1 aliphatic heterocycles. The van der Waals surface area contributed by atoms with Crippen molar-refractivity contribution < 1.29 is 4.79 Å². The van der Waals surface area contributed by atoms with Crippen LogP contribution in [-0.4, -0.2) is 25.9 Å². The third-order valence-corrected chi connectivity index (χ3v) is 4.64. The lowest BCUT2D eigenvalue weighted by molar-refractivity contribution is -0.114. The zero-order valence-electron chi connectivity index (χ0n) is 22.0. The van der Waals surface area contributed by atoms with Gasteiger partial charge in [-0.05, 0) is 45.0 Å². The summed E-state index contributed by atoms with van der Waals surface area (Å²) >= 11 is 0. The first kappa shape index (κ1) is 30.2. The predicted molar refractivity (Wildman–Crippen MR) is 146 cm³/mol. The van der Waals surface area contributed by atoms with Gasteiger partial charge in [0, 0.05) is 29.7 Å². The van der Waals surface area contributed by atoms with Crippen LogP contribution in [0.15, 0.2) is 72.1 Å². The SMILES string of the molecule is CC.CC.CCc1ccc(NCC2=CC(=O)C/C(=C\CNC)N2)cc1.Cc1ccc(C)cc1. The number of carbonyl (C=O) groups excluding carboxylic acids is 1. The molecule has 0 unspecified atom stereocenters. The minimum Gasteiger partial charge on any atom is -0.379 e. The summed E-state index contributed by atoms with van der Waals surface area (Å²) in [5.41, 5.74) is 6.92. The average molecular weight is 452 g/mol. The molecule has 3 rings (SSSR count). The molecule has 1 heterocycles. The van der Waals surface area contributed by atoms with Crippen LogP contribution in [-0.2, 0) is 11.2 Å². The van der Waals surface area contributed by atoms with E-state index in [1.807, 2.05) is 40.8 Å². The molecule has 0 atom stereocenters. The Morgan fingerprint density at radius 2 is 1.45 bits per heavy atom. The number of aryl methyl sites for hydroxylation is 3. The molecule has 2 aromatic rings. The van der Waals surface area contributed by atoms with Gasteiger partial charge in [-0.25, -0.2) is 0 Å². The minimum absolute atomic E-state index is 0.147. The smallest absolute Gasteiger partial charge is 0.163 e. The Hall–Kier alpha value is -2.85. The highest BCUT2D eigenvalue weighted by atomic mass is 16.1. The van der Waals surface area contributed by atoms with Crippen molar-refractivity contribution in [3.8, 4) is 0 Å². The number of rotatable bonds is 6. The van der Waals surface area contributed by atoms with E-state index >= 15 is 0 Å². The van der Waals surface area contributed by atoms with Gasteiger partial charge in [0.05, 0.1) is 13.0 Å². The van der Waals surface area contributed by atoms with E-state index in [2.05, 4.69) is 85.3 Å². The van der Waals surface area contributed by atoms with Crippen molar-refractivity contribution in [3.63, 3.8) is 0 Å². The number of hydrogen-bond acceptors (Lipinski definition) is 4. The van der Waals surface area contributed by atoms with Crippen LogP contribution in [0, 0.1) is 13.8 Å². The van der Waals surface area contributed by atoms with Crippen LogP contribution in [0.3, 0.4) is 0 Å². The number of hydrogen-bond donors (Lipinski definition) is 3. The van der Waals surface area contributed by atoms with E-state index in [0.29, 0.717) is 13.0 Å². The third-order valence-electron chi connectivity index (χ3n) is 4.64. The Morgan fingerprint density at radius 3 is 1.94 bits per heavy atom. The van der Waals surface area contributed by atoms with Gasteiger partial charge in [0.2, 0.25) is 0 Å². The Bertz CT molecular complexity index is 813. The summed E-state index contributed by atoms with van der Waals surface area (Å²) in [6.07, 6.45) is 5.20. The molecule has 0 saturated carbocycles. The first-order chi connectivity index (χ1) is 16.0. The van der Waals surface area contributed by atoms with Crippen molar-refractivity contribution in [1.82, 2.24) is 10.6 Å². The molecule has 0 saturated heterocycles. The topological polar surface area (TPSA) is 53.2 Å². The van der Waals surface area contributed by atoms with Crippen LogP contribution in [0.1, 0.15) is 57.7 Å². The molecule has 0 amide bonds. The second-order valence-electron chi connectivity index (χ2n) is 7.28. The fourth-order valence-electron chi connectivity index (χ4n) is 2.86. The zero-order valence-corrected chi connectivity index (χ0v) is 22.0. The fourth-order valence-corrected chi connectivity index (χ4v) is 2.86. The second-order valence-corrected chi connectivity index (χ2v) is 7.28. The van der Waals surface area contributed by atoms with Crippen molar-refractivity contribution in [1.29, 1.82) is 0 Å². The largest absolute Gasteiger partial charge is 0.379 e. The molecule has 3 N–H and O–H groups in total. The van der Waals surface area contributed by atoms with Gasteiger partial charge >= 0.3 is 0 Å². The summed E-state index contributed by atoms with van der Waals surface area (Å²) in [7, 11) is 1.89. The molecule has 0 fully saturated rings. The van der Waals surface area contributed by atoms with E-state index in [1.54, 1.807) is 6.08 Å². The Kier molecular flexibility index (Phi) is 17.1. The lowest BCUT2D eigenvalue weighted by Gasteiger charge is -2.19. The van der Waals surface area contributed by atoms with E-state index in [0.717, 1.165) is 30.0 Å². The summed E-state index contributed by atoms with van der Waals surface area (Å²) in [6.45, 7) is 15.7. The minimum atomic E-state index is 0.147. The molecular weight excluding hydrogens is 406 g/mol. The number of nitrogens with one attached hydrogen (secondary N) is 3. The lowest BCUT2D eigenvalue weighted by Crippen LogP contribution is -2.27. The van der Waals surface area contributed by atoms with E-state index in [4.69, 9.17) is 0 Å². The van der Waals surface area contributed by atoms with Crippen molar-refractivity contribution in [2.75, 3.05) is 25.5 Å². The van der Waals surface area contributed by atoms with Crippen LogP contribution < -0.4 is 16.0 Å². The highest BCUT2D eigenvalue weighted by molar-refractivity contribution is 5.93. The maximum Gasteiger partial charge on any atom is 0.163 e. The number of benzene rings is 2. The van der Waals surface area contributed by atoms with Gasteiger partial charge in [0.1, 0.15) is 0 Å². The highest BCUT2D eigenvalue weighted by Gasteiger charge is 2.13. The van der Waals surface area contributed by atoms with Crippen molar-refractivity contribution >= 4 is 11.5 Å². The van der Waals surface area contributed by atoms with Gasteiger partial charge in [-0.15, -0.1) is 0 Å². The number of allylic oxidation sites excluding steroid dienone is 2. The van der Waals surface area contributed by atoms with E-state index in [9.17, 15) is 4.79 Å². The van der Waals surface area contributed by atoms with Gasteiger partial charge in [-0.3, -0.25) is 4.79 Å². The summed E-state index contributed by atoms with van der Waals surface area (Å²) in [5, 5.41) is 9.70.